The largest absolute Gasteiger partial charge is 0.309 e. The molecule has 7 aromatic carbocycles. The molecule has 1 heteroatoms. The van der Waals surface area contributed by atoms with Crippen molar-refractivity contribution in [2.24, 2.45) is 0 Å². The molecule has 0 aliphatic heterocycles. The van der Waals surface area contributed by atoms with Crippen LogP contribution in [0.3, 0.4) is 0 Å². The average molecular weight is 578 g/mol. The predicted octanol–water partition coefficient (Wildman–Crippen LogP) is 12.5. The smallest absolute Gasteiger partial charge is 0.0547 e. The van der Waals surface area contributed by atoms with Crippen molar-refractivity contribution in [1.29, 1.82) is 0 Å². The van der Waals surface area contributed by atoms with Crippen LogP contribution in [0.5, 0.6) is 0 Å². The molecule has 1 aromatic heterocycles. The molecule has 8 aromatic rings. The summed E-state index contributed by atoms with van der Waals surface area (Å²) in [5, 5.41) is 5.14. The third-order valence-corrected chi connectivity index (χ3v) is 9.54. The van der Waals surface area contributed by atoms with Crippen molar-refractivity contribution in [2.75, 3.05) is 0 Å². The Morgan fingerprint density at radius 2 is 1.04 bits per heavy atom. The van der Waals surface area contributed by atoms with Crippen molar-refractivity contribution in [3.8, 4) is 39.1 Å². The third kappa shape index (κ3) is 4.73. The van der Waals surface area contributed by atoms with Crippen molar-refractivity contribution in [3.05, 3.63) is 163 Å². The standard InChI is InChI=1S/C44H35N/c1-3-30(2)31-16-18-33(19-17-31)34-20-22-37(23-21-34)40-14-9-15-41-43(40)44-39-13-8-7-12-36(39)26-29-42(44)45(41)38-27-24-35(25-28-38)32-10-5-4-6-11-32/h4-30H,3H2,1-2H3. The summed E-state index contributed by atoms with van der Waals surface area (Å²) < 4.78 is 2.43. The van der Waals surface area contributed by atoms with Crippen LogP contribution in [-0.2, 0) is 0 Å². The monoisotopic (exact) mass is 577 g/mol. The summed E-state index contributed by atoms with van der Waals surface area (Å²) in [6.45, 7) is 4.55. The maximum absolute atomic E-state index is 2.43. The van der Waals surface area contributed by atoms with Crippen LogP contribution in [0.1, 0.15) is 31.7 Å². The van der Waals surface area contributed by atoms with Crippen LogP contribution in [0, 0.1) is 0 Å². The van der Waals surface area contributed by atoms with Gasteiger partial charge in [-0.05, 0) is 86.3 Å². The maximum atomic E-state index is 2.43. The number of benzene rings is 7. The van der Waals surface area contributed by atoms with Crippen LogP contribution in [0.15, 0.2) is 158 Å². The van der Waals surface area contributed by atoms with Gasteiger partial charge in [-0.2, -0.15) is 0 Å². The molecule has 1 unspecified atom stereocenters. The molecule has 216 valence electrons. The highest BCUT2D eigenvalue weighted by Gasteiger charge is 2.18. The molecule has 1 atom stereocenters. The summed E-state index contributed by atoms with van der Waals surface area (Å²) in [4.78, 5) is 0. The van der Waals surface area contributed by atoms with Crippen molar-refractivity contribution in [2.45, 2.75) is 26.2 Å². The zero-order chi connectivity index (χ0) is 30.3. The minimum Gasteiger partial charge on any atom is -0.309 e. The average Bonchev–Trinajstić information content (AvgIpc) is 3.47. The van der Waals surface area contributed by atoms with Crippen molar-refractivity contribution in [3.63, 3.8) is 0 Å². The van der Waals surface area contributed by atoms with Gasteiger partial charge in [0.1, 0.15) is 0 Å². The summed E-state index contributed by atoms with van der Waals surface area (Å²) in [5.74, 6) is 0.585. The van der Waals surface area contributed by atoms with E-state index in [1.54, 1.807) is 0 Å². The summed E-state index contributed by atoms with van der Waals surface area (Å²) in [5.41, 5.74) is 12.5. The molecule has 0 aliphatic carbocycles. The molecule has 8 rings (SSSR count). The van der Waals surface area contributed by atoms with Crippen molar-refractivity contribution < 1.29 is 0 Å². The first kappa shape index (κ1) is 27.2. The minimum atomic E-state index is 0.585. The minimum absolute atomic E-state index is 0.585. The molecule has 0 aliphatic rings. The lowest BCUT2D eigenvalue weighted by atomic mass is 9.94. The van der Waals surface area contributed by atoms with E-state index in [9.17, 15) is 0 Å². The van der Waals surface area contributed by atoms with Gasteiger partial charge in [-0.15, -0.1) is 0 Å². The van der Waals surface area contributed by atoms with E-state index in [0.717, 1.165) is 6.42 Å². The lowest BCUT2D eigenvalue weighted by molar-refractivity contribution is 0.734. The number of fused-ring (bicyclic) bond motifs is 5. The molecular weight excluding hydrogens is 542 g/mol. The topological polar surface area (TPSA) is 4.93 Å². The van der Waals surface area contributed by atoms with Crippen LogP contribution in [0.25, 0.3) is 71.6 Å². The highest BCUT2D eigenvalue weighted by molar-refractivity contribution is 6.25. The van der Waals surface area contributed by atoms with E-state index in [1.807, 2.05) is 0 Å². The molecular formula is C44H35N. The molecule has 0 radical (unpaired) electrons. The van der Waals surface area contributed by atoms with Crippen LogP contribution >= 0.6 is 0 Å². The van der Waals surface area contributed by atoms with Crippen molar-refractivity contribution >= 4 is 32.6 Å². The van der Waals surface area contributed by atoms with Gasteiger partial charge in [0.2, 0.25) is 0 Å². The maximum Gasteiger partial charge on any atom is 0.0547 e. The highest BCUT2D eigenvalue weighted by atomic mass is 15.0. The first-order valence-electron chi connectivity index (χ1n) is 16.0. The Balaban J connectivity index is 1.29. The van der Waals surface area contributed by atoms with E-state index >= 15 is 0 Å². The molecule has 0 amide bonds. The number of rotatable bonds is 6. The van der Waals surface area contributed by atoms with Gasteiger partial charge in [-0.25, -0.2) is 0 Å². The van der Waals surface area contributed by atoms with Gasteiger partial charge in [-0.1, -0.05) is 147 Å². The van der Waals surface area contributed by atoms with E-state index < -0.39 is 0 Å². The van der Waals surface area contributed by atoms with Crippen LogP contribution in [0.4, 0.5) is 0 Å². The quantitative estimate of drug-likeness (QED) is 0.185. The van der Waals surface area contributed by atoms with E-state index in [1.165, 1.54) is 77.2 Å². The molecule has 0 saturated carbocycles. The van der Waals surface area contributed by atoms with Crippen LogP contribution < -0.4 is 0 Å². The fourth-order valence-electron chi connectivity index (χ4n) is 6.86. The second-order valence-electron chi connectivity index (χ2n) is 12.1. The van der Waals surface area contributed by atoms with Crippen molar-refractivity contribution in [1.82, 2.24) is 4.57 Å². The fraction of sp³-hybridized carbons (Fsp3) is 0.0909. The third-order valence-electron chi connectivity index (χ3n) is 9.54. The summed E-state index contributed by atoms with van der Waals surface area (Å²) in [6, 6.07) is 57.9. The van der Waals surface area contributed by atoms with E-state index in [-0.39, 0.29) is 0 Å². The number of hydrogen-bond acceptors (Lipinski definition) is 0. The SMILES string of the molecule is CCC(C)c1ccc(-c2ccc(-c3cccc4c3c3c5ccccc5ccc3n4-c3ccc(-c4ccccc4)cc3)cc2)cc1. The molecule has 0 spiro atoms. The van der Waals surface area contributed by atoms with E-state index in [2.05, 4.69) is 176 Å². The lowest BCUT2D eigenvalue weighted by Gasteiger charge is -2.11. The Morgan fingerprint density at radius 3 is 1.76 bits per heavy atom. The van der Waals surface area contributed by atoms with Gasteiger partial charge in [0.05, 0.1) is 11.0 Å². The Kier molecular flexibility index (Phi) is 6.80. The first-order valence-corrected chi connectivity index (χ1v) is 16.0. The summed E-state index contributed by atoms with van der Waals surface area (Å²) in [6.07, 6.45) is 1.16. The second kappa shape index (κ2) is 11.3. The number of nitrogens with zero attached hydrogens (tertiary/aromatic N) is 1. The summed E-state index contributed by atoms with van der Waals surface area (Å²) >= 11 is 0. The van der Waals surface area contributed by atoms with Crippen LogP contribution in [0.2, 0.25) is 0 Å². The molecule has 45 heavy (non-hydrogen) atoms. The molecule has 0 N–H and O–H groups in total. The molecule has 1 heterocycles. The fourth-order valence-corrected chi connectivity index (χ4v) is 6.86. The van der Waals surface area contributed by atoms with Gasteiger partial charge in [-0.3, -0.25) is 0 Å². The first-order chi connectivity index (χ1) is 22.2. The Labute approximate surface area is 265 Å². The van der Waals surface area contributed by atoms with Crippen LogP contribution in [-0.4, -0.2) is 4.57 Å². The zero-order valence-corrected chi connectivity index (χ0v) is 25.7. The van der Waals surface area contributed by atoms with Gasteiger partial charge in [0.15, 0.2) is 0 Å². The highest BCUT2D eigenvalue weighted by Crippen LogP contribution is 2.42. The number of hydrogen-bond donors (Lipinski definition) is 0. The second-order valence-corrected chi connectivity index (χ2v) is 12.1. The molecule has 0 saturated heterocycles. The Bertz CT molecular complexity index is 2270. The predicted molar refractivity (Wildman–Crippen MR) is 193 cm³/mol. The van der Waals surface area contributed by atoms with E-state index in [0.29, 0.717) is 5.92 Å². The molecule has 0 fully saturated rings. The lowest BCUT2D eigenvalue weighted by Crippen LogP contribution is -1.94. The molecule has 0 bridgehead atoms. The van der Waals surface area contributed by atoms with Gasteiger partial charge >= 0.3 is 0 Å². The Morgan fingerprint density at radius 1 is 0.467 bits per heavy atom. The van der Waals surface area contributed by atoms with Gasteiger partial charge < -0.3 is 4.57 Å². The normalized spacial score (nSPS) is 12.2. The number of aromatic nitrogens is 1. The Hall–Kier alpha value is -5.40. The van der Waals surface area contributed by atoms with Gasteiger partial charge in [0, 0.05) is 16.5 Å². The van der Waals surface area contributed by atoms with Gasteiger partial charge in [0.25, 0.3) is 0 Å². The zero-order valence-electron chi connectivity index (χ0n) is 25.7. The molecule has 1 nitrogen and oxygen atoms in total. The summed E-state index contributed by atoms with van der Waals surface area (Å²) in [7, 11) is 0. The van der Waals surface area contributed by atoms with E-state index in [4.69, 9.17) is 0 Å².